The fourth-order valence-corrected chi connectivity index (χ4v) is 3.65. The van der Waals surface area contributed by atoms with Gasteiger partial charge in [-0.2, -0.15) is 0 Å². The average molecular weight is 422 g/mol. The molecule has 3 rings (SSSR count). The minimum Gasteiger partial charge on any atom is -0.484 e. The third-order valence-corrected chi connectivity index (χ3v) is 5.60. The summed E-state index contributed by atoms with van der Waals surface area (Å²) in [4.78, 5) is 14.7. The van der Waals surface area contributed by atoms with Crippen LogP contribution in [0.2, 0.25) is 10.0 Å². The van der Waals surface area contributed by atoms with Crippen LogP contribution in [0, 0.1) is 13.8 Å². The van der Waals surface area contributed by atoms with E-state index in [0.29, 0.717) is 28.9 Å². The molecule has 150 valence electrons. The number of amides is 1. The predicted octanol–water partition coefficient (Wildman–Crippen LogP) is 5.20. The summed E-state index contributed by atoms with van der Waals surface area (Å²) in [6, 6.07) is 11.2. The first-order chi connectivity index (χ1) is 13.4. The summed E-state index contributed by atoms with van der Waals surface area (Å²) in [5.74, 6) is 0.595. The second kappa shape index (κ2) is 9.64. The van der Waals surface area contributed by atoms with Gasteiger partial charge in [-0.3, -0.25) is 4.79 Å². The van der Waals surface area contributed by atoms with Crippen LogP contribution in [0.3, 0.4) is 0 Å². The highest BCUT2D eigenvalue weighted by Gasteiger charge is 2.24. The number of nitrogens with zero attached hydrogens (tertiary/aromatic N) is 1. The SMILES string of the molecule is Cc1ccc(OCC(=O)N(Cc2ccc(Cl)cc2Cl)C[C@@H]2CCCO2)cc1C. The zero-order valence-corrected chi connectivity index (χ0v) is 17.7. The van der Waals surface area contributed by atoms with Crippen LogP contribution in [-0.2, 0) is 16.1 Å². The van der Waals surface area contributed by atoms with E-state index in [1.807, 2.05) is 38.1 Å². The second-order valence-electron chi connectivity index (χ2n) is 7.18. The maximum Gasteiger partial charge on any atom is 0.260 e. The van der Waals surface area contributed by atoms with Crippen molar-refractivity contribution in [2.45, 2.75) is 39.3 Å². The van der Waals surface area contributed by atoms with E-state index in [1.165, 1.54) is 5.56 Å². The third-order valence-electron chi connectivity index (χ3n) is 5.02. The summed E-state index contributed by atoms with van der Waals surface area (Å²) in [6.07, 6.45) is 2.03. The van der Waals surface area contributed by atoms with E-state index in [2.05, 4.69) is 0 Å². The first-order valence-corrected chi connectivity index (χ1v) is 10.2. The van der Waals surface area contributed by atoms with Crippen LogP contribution < -0.4 is 4.74 Å². The van der Waals surface area contributed by atoms with Crippen molar-refractivity contribution in [1.29, 1.82) is 0 Å². The number of carbonyl (C=O) groups excluding carboxylic acids is 1. The van der Waals surface area contributed by atoms with Crippen LogP contribution in [0.15, 0.2) is 36.4 Å². The van der Waals surface area contributed by atoms with E-state index in [4.69, 9.17) is 32.7 Å². The van der Waals surface area contributed by atoms with Crippen molar-refractivity contribution < 1.29 is 14.3 Å². The Morgan fingerprint density at radius 1 is 1.18 bits per heavy atom. The molecule has 4 nitrogen and oxygen atoms in total. The maximum absolute atomic E-state index is 12.9. The van der Waals surface area contributed by atoms with Crippen molar-refractivity contribution in [1.82, 2.24) is 4.90 Å². The van der Waals surface area contributed by atoms with Gasteiger partial charge in [0, 0.05) is 29.7 Å². The number of hydrogen-bond donors (Lipinski definition) is 0. The summed E-state index contributed by atoms with van der Waals surface area (Å²) in [7, 11) is 0. The number of aryl methyl sites for hydroxylation is 2. The zero-order valence-electron chi connectivity index (χ0n) is 16.2. The molecule has 0 unspecified atom stereocenters. The number of ether oxygens (including phenoxy) is 2. The summed E-state index contributed by atoms with van der Waals surface area (Å²) in [5.41, 5.74) is 3.17. The van der Waals surface area contributed by atoms with Gasteiger partial charge in [0.05, 0.1) is 6.10 Å². The Labute approximate surface area is 176 Å². The van der Waals surface area contributed by atoms with Gasteiger partial charge < -0.3 is 14.4 Å². The molecule has 0 radical (unpaired) electrons. The molecule has 0 bridgehead atoms. The lowest BCUT2D eigenvalue weighted by atomic mass is 10.1. The molecular formula is C22H25Cl2NO3. The smallest absolute Gasteiger partial charge is 0.260 e. The topological polar surface area (TPSA) is 38.8 Å². The van der Waals surface area contributed by atoms with E-state index in [9.17, 15) is 4.79 Å². The normalized spacial score (nSPS) is 16.2. The summed E-state index contributed by atoms with van der Waals surface area (Å²) in [6.45, 7) is 5.70. The molecule has 28 heavy (non-hydrogen) atoms. The molecule has 1 amide bonds. The van der Waals surface area contributed by atoms with Gasteiger partial charge in [-0.1, -0.05) is 35.3 Å². The first kappa shape index (κ1) is 21.0. The Morgan fingerprint density at radius 2 is 2.00 bits per heavy atom. The number of benzene rings is 2. The van der Waals surface area contributed by atoms with Crippen molar-refractivity contribution >= 4 is 29.1 Å². The lowest BCUT2D eigenvalue weighted by molar-refractivity contribution is -0.135. The van der Waals surface area contributed by atoms with Crippen LogP contribution in [0.1, 0.15) is 29.5 Å². The van der Waals surface area contributed by atoms with E-state index in [1.54, 1.807) is 17.0 Å². The molecule has 1 aliphatic heterocycles. The molecule has 0 aliphatic carbocycles. The van der Waals surface area contributed by atoms with Crippen LogP contribution in [-0.4, -0.2) is 36.7 Å². The molecule has 0 spiro atoms. The second-order valence-corrected chi connectivity index (χ2v) is 8.02. The number of rotatable bonds is 7. The molecule has 6 heteroatoms. The predicted molar refractivity (Wildman–Crippen MR) is 112 cm³/mol. The lowest BCUT2D eigenvalue weighted by Crippen LogP contribution is -2.39. The molecule has 1 saturated heterocycles. The molecule has 0 aromatic heterocycles. The van der Waals surface area contributed by atoms with Gasteiger partial charge in [0.25, 0.3) is 5.91 Å². The standard InChI is InChI=1S/C22H25Cl2NO3/c1-15-5-8-19(10-16(15)2)28-14-22(26)25(13-20-4-3-9-27-20)12-17-6-7-18(23)11-21(17)24/h5-8,10-11,20H,3-4,9,12-14H2,1-2H3/t20-/m0/s1. The molecule has 0 N–H and O–H groups in total. The zero-order chi connectivity index (χ0) is 20.1. The van der Waals surface area contributed by atoms with Crippen LogP contribution in [0.4, 0.5) is 0 Å². The van der Waals surface area contributed by atoms with Gasteiger partial charge in [0.15, 0.2) is 6.61 Å². The molecule has 1 heterocycles. The minimum atomic E-state index is -0.0975. The molecule has 1 atom stereocenters. The monoisotopic (exact) mass is 421 g/mol. The Hall–Kier alpha value is -1.75. The van der Waals surface area contributed by atoms with Crippen LogP contribution >= 0.6 is 23.2 Å². The summed E-state index contributed by atoms with van der Waals surface area (Å²) in [5, 5.41) is 1.12. The third kappa shape index (κ3) is 5.63. The fourth-order valence-electron chi connectivity index (χ4n) is 3.18. The summed E-state index contributed by atoms with van der Waals surface area (Å²) >= 11 is 12.3. The average Bonchev–Trinajstić information content (AvgIpc) is 3.17. The van der Waals surface area contributed by atoms with Gasteiger partial charge in [-0.25, -0.2) is 0 Å². The maximum atomic E-state index is 12.9. The first-order valence-electron chi connectivity index (χ1n) is 9.45. The molecule has 2 aromatic rings. The van der Waals surface area contributed by atoms with Crippen LogP contribution in [0.5, 0.6) is 5.75 Å². The van der Waals surface area contributed by atoms with Crippen molar-refractivity contribution in [2.75, 3.05) is 19.8 Å². The van der Waals surface area contributed by atoms with E-state index >= 15 is 0 Å². The van der Waals surface area contributed by atoms with Gasteiger partial charge in [-0.05, 0) is 67.6 Å². The summed E-state index contributed by atoms with van der Waals surface area (Å²) < 4.78 is 11.5. The van der Waals surface area contributed by atoms with Gasteiger partial charge in [0.2, 0.25) is 0 Å². The number of carbonyl (C=O) groups is 1. The highest BCUT2D eigenvalue weighted by Crippen LogP contribution is 2.24. The van der Waals surface area contributed by atoms with Crippen molar-refractivity contribution in [3.63, 3.8) is 0 Å². The van der Waals surface area contributed by atoms with Crippen molar-refractivity contribution in [2.24, 2.45) is 0 Å². The quantitative estimate of drug-likeness (QED) is 0.616. The van der Waals surface area contributed by atoms with E-state index in [0.717, 1.165) is 30.6 Å². The lowest BCUT2D eigenvalue weighted by Gasteiger charge is -2.26. The Balaban J connectivity index is 1.69. The largest absolute Gasteiger partial charge is 0.484 e. The fraction of sp³-hybridized carbons (Fsp3) is 0.409. The van der Waals surface area contributed by atoms with Crippen molar-refractivity contribution in [3.8, 4) is 5.75 Å². The van der Waals surface area contributed by atoms with Gasteiger partial charge in [-0.15, -0.1) is 0 Å². The minimum absolute atomic E-state index is 0.0274. The Morgan fingerprint density at radius 3 is 2.68 bits per heavy atom. The Bertz CT molecular complexity index is 835. The van der Waals surface area contributed by atoms with Gasteiger partial charge >= 0.3 is 0 Å². The van der Waals surface area contributed by atoms with Crippen LogP contribution in [0.25, 0.3) is 0 Å². The highest BCUT2D eigenvalue weighted by atomic mass is 35.5. The van der Waals surface area contributed by atoms with Crippen molar-refractivity contribution in [3.05, 3.63) is 63.1 Å². The Kier molecular flexibility index (Phi) is 7.22. The molecule has 1 aliphatic rings. The molecular weight excluding hydrogens is 397 g/mol. The molecule has 0 saturated carbocycles. The molecule has 2 aromatic carbocycles. The van der Waals surface area contributed by atoms with E-state index < -0.39 is 0 Å². The highest BCUT2D eigenvalue weighted by molar-refractivity contribution is 6.35. The van der Waals surface area contributed by atoms with Gasteiger partial charge in [0.1, 0.15) is 5.75 Å². The number of hydrogen-bond acceptors (Lipinski definition) is 3. The molecule has 1 fully saturated rings. The van der Waals surface area contributed by atoms with E-state index in [-0.39, 0.29) is 18.6 Å². The number of halogens is 2.